The minimum absolute atomic E-state index is 0.240. The molecule has 4 N–H and O–H groups in total. The van der Waals surface area contributed by atoms with E-state index in [1.54, 1.807) is 0 Å². The smallest absolute Gasteiger partial charge is 0.139 e. The lowest BCUT2D eigenvalue weighted by Gasteiger charge is -2.28. The van der Waals surface area contributed by atoms with Gasteiger partial charge in [0.05, 0.1) is 6.61 Å². The number of hydrogen-bond donors (Lipinski definition) is 3. The molecule has 0 saturated carbocycles. The van der Waals surface area contributed by atoms with Crippen molar-refractivity contribution in [2.75, 3.05) is 19.7 Å². The molecule has 1 rings (SSSR count). The first-order valence-corrected chi connectivity index (χ1v) is 6.09. The van der Waals surface area contributed by atoms with Gasteiger partial charge in [-0.25, -0.2) is 0 Å². The summed E-state index contributed by atoms with van der Waals surface area (Å²) < 4.78 is 0. The number of oxime groups is 1. The highest BCUT2D eigenvalue weighted by Crippen LogP contribution is 2.16. The maximum Gasteiger partial charge on any atom is 0.139 e. The zero-order valence-electron chi connectivity index (χ0n) is 9.81. The molecule has 1 saturated heterocycles. The molecule has 1 heterocycles. The Bertz CT molecular complexity index is 221. The van der Waals surface area contributed by atoms with E-state index in [9.17, 15) is 5.11 Å². The van der Waals surface area contributed by atoms with Crippen LogP contribution in [0.15, 0.2) is 5.16 Å². The topological polar surface area (TPSA) is 82.1 Å². The van der Waals surface area contributed by atoms with E-state index < -0.39 is 0 Å². The molecule has 1 fully saturated rings. The van der Waals surface area contributed by atoms with Gasteiger partial charge in [-0.3, -0.25) is 4.90 Å². The summed E-state index contributed by atoms with van der Waals surface area (Å²) in [6.45, 7) is 2.21. The van der Waals surface area contributed by atoms with Crippen molar-refractivity contribution in [3.63, 3.8) is 0 Å². The highest BCUT2D eigenvalue weighted by molar-refractivity contribution is 5.79. The molecule has 0 radical (unpaired) electrons. The molecule has 1 unspecified atom stereocenters. The van der Waals surface area contributed by atoms with Crippen molar-refractivity contribution in [2.45, 2.75) is 44.6 Å². The minimum atomic E-state index is 0.240. The summed E-state index contributed by atoms with van der Waals surface area (Å²) >= 11 is 0. The van der Waals surface area contributed by atoms with Crippen molar-refractivity contribution in [1.82, 2.24) is 4.90 Å². The maximum atomic E-state index is 9.31. The van der Waals surface area contributed by atoms with Crippen LogP contribution in [0, 0.1) is 0 Å². The van der Waals surface area contributed by atoms with Gasteiger partial charge in [-0.1, -0.05) is 18.0 Å². The fourth-order valence-electron chi connectivity index (χ4n) is 2.25. The van der Waals surface area contributed by atoms with Crippen LogP contribution in [0.3, 0.4) is 0 Å². The lowest BCUT2D eigenvalue weighted by atomic mass is 10.1. The van der Waals surface area contributed by atoms with E-state index >= 15 is 0 Å². The number of aliphatic hydroxyl groups is 1. The van der Waals surface area contributed by atoms with E-state index in [0.29, 0.717) is 12.5 Å². The summed E-state index contributed by atoms with van der Waals surface area (Å²) in [6.07, 6.45) is 6.26. The molecule has 0 bridgehead atoms. The summed E-state index contributed by atoms with van der Waals surface area (Å²) in [5.74, 6) is 0.287. The van der Waals surface area contributed by atoms with Gasteiger partial charge in [0.2, 0.25) is 0 Å². The Balaban J connectivity index is 2.31. The molecule has 5 heteroatoms. The summed E-state index contributed by atoms with van der Waals surface area (Å²) in [6, 6.07) is 0.301. The standard InChI is InChI=1S/C11H23N3O2/c12-11(13-16)6-4-8-14-7-3-1-2-5-10(14)9-15/h10,15-16H,1-9H2,(H2,12,13). The predicted octanol–water partition coefficient (Wildman–Crippen LogP) is 0.750. The first kappa shape index (κ1) is 13.3. The van der Waals surface area contributed by atoms with Crippen molar-refractivity contribution < 1.29 is 10.3 Å². The molecule has 16 heavy (non-hydrogen) atoms. The van der Waals surface area contributed by atoms with Crippen LogP contribution in [-0.2, 0) is 0 Å². The Morgan fingerprint density at radius 2 is 2.19 bits per heavy atom. The molecule has 1 aliphatic rings. The highest BCUT2D eigenvalue weighted by Gasteiger charge is 2.19. The third-order valence-electron chi connectivity index (χ3n) is 3.22. The maximum absolute atomic E-state index is 9.31. The molecule has 1 aliphatic heterocycles. The Kier molecular flexibility index (Phi) is 6.18. The molecular formula is C11H23N3O2. The quantitative estimate of drug-likeness (QED) is 0.281. The van der Waals surface area contributed by atoms with Gasteiger partial charge in [-0.2, -0.15) is 0 Å². The Labute approximate surface area is 96.9 Å². The number of rotatable bonds is 5. The van der Waals surface area contributed by atoms with Gasteiger partial charge in [0, 0.05) is 12.5 Å². The third-order valence-corrected chi connectivity index (χ3v) is 3.22. The van der Waals surface area contributed by atoms with E-state index in [4.69, 9.17) is 10.9 Å². The van der Waals surface area contributed by atoms with Crippen molar-refractivity contribution >= 4 is 5.84 Å². The number of nitrogens with two attached hydrogens (primary N) is 1. The van der Waals surface area contributed by atoms with Gasteiger partial charge in [0.1, 0.15) is 5.84 Å². The van der Waals surface area contributed by atoms with Gasteiger partial charge >= 0.3 is 0 Å². The summed E-state index contributed by atoms with van der Waals surface area (Å²) in [5, 5.41) is 20.7. The van der Waals surface area contributed by atoms with Crippen molar-refractivity contribution in [3.8, 4) is 0 Å². The fraction of sp³-hybridized carbons (Fsp3) is 0.909. The molecule has 1 atom stereocenters. The fourth-order valence-corrected chi connectivity index (χ4v) is 2.25. The van der Waals surface area contributed by atoms with Gasteiger partial charge in [-0.15, -0.1) is 0 Å². The van der Waals surface area contributed by atoms with Crippen LogP contribution in [0.5, 0.6) is 0 Å². The molecule has 0 spiro atoms. The Morgan fingerprint density at radius 1 is 1.38 bits per heavy atom. The largest absolute Gasteiger partial charge is 0.409 e. The first-order valence-electron chi connectivity index (χ1n) is 6.09. The van der Waals surface area contributed by atoms with Crippen LogP contribution >= 0.6 is 0 Å². The number of likely N-dealkylation sites (tertiary alicyclic amines) is 1. The second kappa shape index (κ2) is 7.46. The number of hydrogen-bond acceptors (Lipinski definition) is 4. The highest BCUT2D eigenvalue weighted by atomic mass is 16.4. The lowest BCUT2D eigenvalue weighted by molar-refractivity contribution is 0.124. The molecule has 0 aromatic rings. The van der Waals surface area contributed by atoms with Gasteiger partial charge in [-0.05, 0) is 32.4 Å². The van der Waals surface area contributed by atoms with E-state index in [2.05, 4.69) is 10.1 Å². The average molecular weight is 229 g/mol. The summed E-state index contributed by atoms with van der Waals surface area (Å²) in [5.41, 5.74) is 5.42. The van der Waals surface area contributed by atoms with Crippen LogP contribution < -0.4 is 5.73 Å². The van der Waals surface area contributed by atoms with Crippen LogP contribution in [0.1, 0.15) is 38.5 Å². The number of nitrogens with zero attached hydrogens (tertiary/aromatic N) is 2. The first-order chi connectivity index (χ1) is 7.77. The van der Waals surface area contributed by atoms with Gasteiger partial charge in [0.15, 0.2) is 0 Å². The zero-order chi connectivity index (χ0) is 11.8. The Hall–Kier alpha value is -0.810. The SMILES string of the molecule is NC(CCCN1CCCCCC1CO)=NO. The normalized spacial score (nSPS) is 24.3. The minimum Gasteiger partial charge on any atom is -0.409 e. The van der Waals surface area contributed by atoms with E-state index in [0.717, 1.165) is 25.9 Å². The third kappa shape index (κ3) is 4.37. The van der Waals surface area contributed by atoms with Crippen LogP contribution in [-0.4, -0.2) is 46.8 Å². The summed E-state index contributed by atoms with van der Waals surface area (Å²) in [4.78, 5) is 2.33. The summed E-state index contributed by atoms with van der Waals surface area (Å²) in [7, 11) is 0. The molecule has 0 aromatic carbocycles. The molecular weight excluding hydrogens is 206 g/mol. The molecule has 0 aromatic heterocycles. The van der Waals surface area contributed by atoms with E-state index in [1.807, 2.05) is 0 Å². The van der Waals surface area contributed by atoms with Crippen LogP contribution in [0.2, 0.25) is 0 Å². The van der Waals surface area contributed by atoms with Crippen molar-refractivity contribution in [3.05, 3.63) is 0 Å². The Morgan fingerprint density at radius 3 is 2.88 bits per heavy atom. The molecule has 94 valence electrons. The predicted molar refractivity (Wildman–Crippen MR) is 63.6 cm³/mol. The van der Waals surface area contributed by atoms with Gasteiger partial charge < -0.3 is 16.0 Å². The van der Waals surface area contributed by atoms with Gasteiger partial charge in [0.25, 0.3) is 0 Å². The van der Waals surface area contributed by atoms with Crippen LogP contribution in [0.4, 0.5) is 0 Å². The van der Waals surface area contributed by atoms with E-state index in [1.165, 1.54) is 19.3 Å². The lowest BCUT2D eigenvalue weighted by Crippen LogP contribution is -2.38. The van der Waals surface area contributed by atoms with Crippen molar-refractivity contribution in [1.29, 1.82) is 0 Å². The molecule has 0 aliphatic carbocycles. The van der Waals surface area contributed by atoms with Crippen molar-refractivity contribution in [2.24, 2.45) is 10.9 Å². The zero-order valence-corrected chi connectivity index (χ0v) is 9.81. The average Bonchev–Trinajstić information content (AvgIpc) is 2.53. The number of aliphatic hydroxyl groups excluding tert-OH is 1. The van der Waals surface area contributed by atoms with E-state index in [-0.39, 0.29) is 12.4 Å². The monoisotopic (exact) mass is 229 g/mol. The van der Waals surface area contributed by atoms with Crippen LogP contribution in [0.25, 0.3) is 0 Å². The second-order valence-corrected chi connectivity index (χ2v) is 4.42. The number of amidine groups is 1. The second-order valence-electron chi connectivity index (χ2n) is 4.42. The molecule has 0 amide bonds. The molecule has 5 nitrogen and oxygen atoms in total.